The molecule has 1 N–H and O–H groups in total. The molecule has 0 unspecified atom stereocenters. The van der Waals surface area contributed by atoms with Crippen LogP contribution in [0.15, 0.2) is 23.1 Å². The molecule has 0 aromatic heterocycles. The minimum atomic E-state index is -3.37. The molecule has 1 aromatic rings. The minimum absolute atomic E-state index is 0.497. The van der Waals surface area contributed by atoms with Crippen LogP contribution < -0.4 is 5.32 Å². The highest BCUT2D eigenvalue weighted by Gasteiger charge is 2.30. The summed E-state index contributed by atoms with van der Waals surface area (Å²) >= 11 is 0. The summed E-state index contributed by atoms with van der Waals surface area (Å²) < 4.78 is 27.5. The zero-order valence-corrected chi connectivity index (χ0v) is 13.3. The smallest absolute Gasteiger partial charge is 0.243 e. The standard InChI is InChI=1S/C15H23N3O2S/c1-2-17-9-11-18(12-10-17)21(19,20)15-7-3-6-14-13(15)5-4-8-16-14/h3,6-7,16H,2,4-5,8-12H2,1H3. The van der Waals surface area contributed by atoms with Crippen LogP contribution in [0.25, 0.3) is 0 Å². The van der Waals surface area contributed by atoms with E-state index >= 15 is 0 Å². The third-order valence-electron chi connectivity index (χ3n) is 4.45. The fourth-order valence-electron chi connectivity index (χ4n) is 3.14. The van der Waals surface area contributed by atoms with Gasteiger partial charge in [0.2, 0.25) is 10.0 Å². The molecule has 5 nitrogen and oxygen atoms in total. The Morgan fingerprint density at radius 3 is 2.67 bits per heavy atom. The van der Waals surface area contributed by atoms with Crippen LogP contribution >= 0.6 is 0 Å². The third-order valence-corrected chi connectivity index (χ3v) is 6.43. The van der Waals surface area contributed by atoms with Crippen LogP contribution in [-0.2, 0) is 16.4 Å². The number of nitrogens with zero attached hydrogens (tertiary/aromatic N) is 2. The van der Waals surface area contributed by atoms with Gasteiger partial charge < -0.3 is 10.2 Å². The molecule has 2 heterocycles. The van der Waals surface area contributed by atoms with E-state index in [2.05, 4.69) is 17.1 Å². The maximum absolute atomic E-state index is 12.9. The Labute approximate surface area is 127 Å². The number of anilines is 1. The van der Waals surface area contributed by atoms with E-state index in [4.69, 9.17) is 0 Å². The van der Waals surface area contributed by atoms with Crippen LogP contribution in [0.5, 0.6) is 0 Å². The summed E-state index contributed by atoms with van der Waals surface area (Å²) in [6, 6.07) is 5.57. The molecule has 0 radical (unpaired) electrons. The van der Waals surface area contributed by atoms with Crippen LogP contribution in [0.2, 0.25) is 0 Å². The second-order valence-electron chi connectivity index (χ2n) is 5.65. The van der Waals surface area contributed by atoms with Crippen molar-refractivity contribution < 1.29 is 8.42 Å². The van der Waals surface area contributed by atoms with Crippen molar-refractivity contribution >= 4 is 15.7 Å². The number of sulfonamides is 1. The summed E-state index contributed by atoms with van der Waals surface area (Å²) in [5.41, 5.74) is 1.94. The summed E-state index contributed by atoms with van der Waals surface area (Å²) in [7, 11) is -3.37. The van der Waals surface area contributed by atoms with E-state index in [1.807, 2.05) is 12.1 Å². The summed E-state index contributed by atoms with van der Waals surface area (Å²) in [6.45, 7) is 6.85. The number of likely N-dealkylation sites (N-methyl/N-ethyl adjacent to an activating group) is 1. The predicted molar refractivity (Wildman–Crippen MR) is 84.1 cm³/mol. The van der Waals surface area contributed by atoms with Crippen molar-refractivity contribution in [2.24, 2.45) is 0 Å². The maximum atomic E-state index is 12.9. The zero-order chi connectivity index (χ0) is 14.9. The molecular formula is C15H23N3O2S. The highest BCUT2D eigenvalue weighted by atomic mass is 32.2. The Morgan fingerprint density at radius 2 is 1.95 bits per heavy atom. The van der Waals surface area contributed by atoms with Gasteiger partial charge in [0, 0.05) is 38.4 Å². The van der Waals surface area contributed by atoms with Crippen LogP contribution in [0.3, 0.4) is 0 Å². The van der Waals surface area contributed by atoms with E-state index in [1.165, 1.54) is 0 Å². The first-order valence-corrected chi connectivity index (χ1v) is 9.15. The van der Waals surface area contributed by atoms with E-state index in [-0.39, 0.29) is 0 Å². The number of benzene rings is 1. The minimum Gasteiger partial charge on any atom is -0.385 e. The van der Waals surface area contributed by atoms with Crippen molar-refractivity contribution in [1.82, 2.24) is 9.21 Å². The van der Waals surface area contributed by atoms with Gasteiger partial charge in [0.05, 0.1) is 4.90 Å². The first-order valence-electron chi connectivity index (χ1n) is 7.71. The van der Waals surface area contributed by atoms with E-state index in [9.17, 15) is 8.42 Å². The molecule has 2 aliphatic rings. The van der Waals surface area contributed by atoms with Gasteiger partial charge in [-0.15, -0.1) is 0 Å². The normalized spacial score (nSPS) is 20.8. The lowest BCUT2D eigenvalue weighted by Crippen LogP contribution is -2.48. The van der Waals surface area contributed by atoms with Crippen molar-refractivity contribution in [2.45, 2.75) is 24.7 Å². The average Bonchev–Trinajstić information content (AvgIpc) is 2.54. The number of piperazine rings is 1. The molecule has 21 heavy (non-hydrogen) atoms. The molecule has 0 atom stereocenters. The zero-order valence-electron chi connectivity index (χ0n) is 12.5. The van der Waals surface area contributed by atoms with Gasteiger partial charge >= 0.3 is 0 Å². The first kappa shape index (κ1) is 14.8. The monoisotopic (exact) mass is 309 g/mol. The van der Waals surface area contributed by atoms with Crippen molar-refractivity contribution in [3.63, 3.8) is 0 Å². The lowest BCUT2D eigenvalue weighted by molar-refractivity contribution is 0.196. The fourth-order valence-corrected chi connectivity index (χ4v) is 4.84. The Kier molecular flexibility index (Phi) is 4.19. The van der Waals surface area contributed by atoms with Gasteiger partial charge in [-0.1, -0.05) is 13.0 Å². The molecule has 1 saturated heterocycles. The van der Waals surface area contributed by atoms with Gasteiger partial charge in [0.25, 0.3) is 0 Å². The van der Waals surface area contributed by atoms with Crippen molar-refractivity contribution in [2.75, 3.05) is 44.6 Å². The number of fused-ring (bicyclic) bond motifs is 1. The summed E-state index contributed by atoms with van der Waals surface area (Å²) in [5.74, 6) is 0. The largest absolute Gasteiger partial charge is 0.385 e. The summed E-state index contributed by atoms with van der Waals surface area (Å²) in [4.78, 5) is 2.78. The highest BCUT2D eigenvalue weighted by Crippen LogP contribution is 2.30. The summed E-state index contributed by atoms with van der Waals surface area (Å²) in [6.07, 6.45) is 1.83. The van der Waals surface area contributed by atoms with E-state index in [0.29, 0.717) is 18.0 Å². The highest BCUT2D eigenvalue weighted by molar-refractivity contribution is 7.89. The predicted octanol–water partition coefficient (Wildman–Crippen LogP) is 1.37. The molecular weight excluding hydrogens is 286 g/mol. The number of hydrogen-bond donors (Lipinski definition) is 1. The van der Waals surface area contributed by atoms with Crippen molar-refractivity contribution in [3.05, 3.63) is 23.8 Å². The SMILES string of the molecule is CCN1CCN(S(=O)(=O)c2cccc3c2CCCN3)CC1. The molecule has 1 aromatic carbocycles. The Bertz CT molecular complexity index is 607. The quantitative estimate of drug-likeness (QED) is 0.916. The van der Waals surface area contributed by atoms with Crippen molar-refractivity contribution in [1.29, 1.82) is 0 Å². The van der Waals surface area contributed by atoms with Crippen LogP contribution in [-0.4, -0.2) is 56.9 Å². The molecule has 6 heteroatoms. The molecule has 0 aliphatic carbocycles. The molecule has 3 rings (SSSR count). The topological polar surface area (TPSA) is 52.7 Å². The van der Waals surface area contributed by atoms with E-state index < -0.39 is 10.0 Å². The third kappa shape index (κ3) is 2.80. The molecule has 2 aliphatic heterocycles. The number of rotatable bonds is 3. The molecule has 0 saturated carbocycles. The van der Waals surface area contributed by atoms with Crippen LogP contribution in [0.4, 0.5) is 5.69 Å². The number of nitrogens with one attached hydrogen (secondary N) is 1. The molecule has 1 fully saturated rings. The maximum Gasteiger partial charge on any atom is 0.243 e. The molecule has 0 spiro atoms. The van der Waals surface area contributed by atoms with Crippen LogP contribution in [0.1, 0.15) is 18.9 Å². The van der Waals surface area contributed by atoms with Gasteiger partial charge in [-0.2, -0.15) is 4.31 Å². The molecule has 116 valence electrons. The Hall–Kier alpha value is -1.11. The van der Waals surface area contributed by atoms with Gasteiger partial charge in [0.15, 0.2) is 0 Å². The number of hydrogen-bond acceptors (Lipinski definition) is 4. The Balaban J connectivity index is 1.89. The van der Waals surface area contributed by atoms with Gasteiger partial charge in [-0.05, 0) is 37.1 Å². The average molecular weight is 309 g/mol. The molecule has 0 amide bonds. The van der Waals surface area contributed by atoms with Gasteiger partial charge in [-0.25, -0.2) is 8.42 Å². The second-order valence-corrected chi connectivity index (χ2v) is 7.56. The van der Waals surface area contributed by atoms with Gasteiger partial charge in [0.1, 0.15) is 0 Å². The van der Waals surface area contributed by atoms with Gasteiger partial charge in [-0.3, -0.25) is 0 Å². The van der Waals surface area contributed by atoms with E-state index in [1.54, 1.807) is 10.4 Å². The lowest BCUT2D eigenvalue weighted by Gasteiger charge is -2.34. The van der Waals surface area contributed by atoms with E-state index in [0.717, 1.165) is 50.3 Å². The lowest BCUT2D eigenvalue weighted by atomic mass is 10.0. The first-order chi connectivity index (χ1) is 10.1. The fraction of sp³-hybridized carbons (Fsp3) is 0.600. The molecule has 0 bridgehead atoms. The second kappa shape index (κ2) is 5.94. The van der Waals surface area contributed by atoms with Crippen molar-refractivity contribution in [3.8, 4) is 0 Å². The van der Waals surface area contributed by atoms with Crippen LogP contribution in [0, 0.1) is 0 Å². The Morgan fingerprint density at radius 1 is 1.19 bits per heavy atom. The summed E-state index contributed by atoms with van der Waals surface area (Å²) in [5, 5.41) is 3.30.